The summed E-state index contributed by atoms with van der Waals surface area (Å²) >= 11 is 0. The first-order valence-electron chi connectivity index (χ1n) is 7.87. The highest BCUT2D eigenvalue weighted by Gasteiger charge is 2.36. The summed E-state index contributed by atoms with van der Waals surface area (Å²) in [5.74, 6) is -1.34. The van der Waals surface area contributed by atoms with Gasteiger partial charge < -0.3 is 9.47 Å². The smallest absolute Gasteiger partial charge is 0.421 e. The molecular weight excluding hydrogens is 422 g/mol. The molecule has 0 atom stereocenters. The lowest BCUT2D eigenvalue weighted by atomic mass is 10.3. The lowest BCUT2D eigenvalue weighted by Gasteiger charge is -2.08. The molecule has 0 aliphatic rings. The monoisotopic (exact) mass is 432 g/mol. The van der Waals surface area contributed by atoms with Gasteiger partial charge >= 0.3 is 12.4 Å². The average Bonchev–Trinajstić information content (AvgIpc) is 3.18. The van der Waals surface area contributed by atoms with E-state index in [4.69, 9.17) is 14.7 Å². The third-order valence-corrected chi connectivity index (χ3v) is 3.58. The van der Waals surface area contributed by atoms with Gasteiger partial charge in [-0.25, -0.2) is 9.36 Å². The predicted octanol–water partition coefficient (Wildman–Crippen LogP) is 4.04. The number of alkyl halides is 6. The van der Waals surface area contributed by atoms with Crippen molar-refractivity contribution >= 4 is 0 Å². The number of hydrogen-bond donors (Lipinski definition) is 0. The third-order valence-electron chi connectivity index (χ3n) is 3.58. The molecule has 0 aliphatic carbocycles. The number of ether oxygens (including phenoxy) is 2. The van der Waals surface area contributed by atoms with Gasteiger partial charge in [-0.3, -0.25) is 0 Å². The fourth-order valence-electron chi connectivity index (χ4n) is 2.23. The summed E-state index contributed by atoms with van der Waals surface area (Å²) in [4.78, 5) is 3.86. The summed E-state index contributed by atoms with van der Waals surface area (Å²) in [7, 11) is 2.40. The van der Waals surface area contributed by atoms with Crippen LogP contribution in [0.1, 0.15) is 17.0 Å². The molecule has 0 fully saturated rings. The predicted molar refractivity (Wildman–Crippen MR) is 85.5 cm³/mol. The minimum Gasteiger partial charge on any atom is -0.421 e. The molecule has 158 valence electrons. The highest BCUT2D eigenvalue weighted by molar-refractivity contribution is 5.39. The zero-order chi connectivity index (χ0) is 22.3. The molecule has 0 saturated heterocycles. The molecular formula is C16H10F6N6O2. The number of aryl methyl sites for hydroxylation is 2. The van der Waals surface area contributed by atoms with Crippen molar-refractivity contribution in [2.75, 3.05) is 0 Å². The first-order chi connectivity index (χ1) is 13.9. The Labute approximate surface area is 163 Å². The van der Waals surface area contributed by atoms with Crippen molar-refractivity contribution in [1.29, 1.82) is 5.26 Å². The summed E-state index contributed by atoms with van der Waals surface area (Å²) in [6.45, 7) is 0. The van der Waals surface area contributed by atoms with Crippen molar-refractivity contribution in [2.24, 2.45) is 14.1 Å². The molecule has 0 radical (unpaired) electrons. The second-order valence-electron chi connectivity index (χ2n) is 5.83. The van der Waals surface area contributed by atoms with Crippen LogP contribution in [0.2, 0.25) is 0 Å². The fourth-order valence-corrected chi connectivity index (χ4v) is 2.23. The molecule has 0 saturated carbocycles. The van der Waals surface area contributed by atoms with Crippen molar-refractivity contribution in [2.45, 2.75) is 12.4 Å². The summed E-state index contributed by atoms with van der Waals surface area (Å²) in [5.41, 5.74) is -2.48. The second kappa shape index (κ2) is 7.25. The van der Waals surface area contributed by atoms with E-state index in [2.05, 4.69) is 15.2 Å². The van der Waals surface area contributed by atoms with E-state index in [0.717, 1.165) is 21.5 Å². The van der Waals surface area contributed by atoms with Crippen LogP contribution in [-0.2, 0) is 26.4 Å². The van der Waals surface area contributed by atoms with Gasteiger partial charge in [0.1, 0.15) is 0 Å². The SMILES string of the molecule is Cn1nc(C(F)(F)F)cc1Oc1cc(C#N)cc(Oc2cc(C(F)(F)F)nn2C)n1. The summed E-state index contributed by atoms with van der Waals surface area (Å²) in [5, 5.41) is 15.7. The average molecular weight is 432 g/mol. The lowest BCUT2D eigenvalue weighted by Crippen LogP contribution is -2.06. The standard InChI is InChI=1S/C16H10F6N6O2/c1-27-13(5-9(25-27)15(17,18)19)29-11-3-8(7-23)4-12(24-11)30-14-6-10(16(20,21)22)26-28(14)2/h3-6H,1-2H3. The summed E-state index contributed by atoms with van der Waals surface area (Å²) < 4.78 is 88.7. The Morgan fingerprint density at radius 3 is 1.50 bits per heavy atom. The zero-order valence-corrected chi connectivity index (χ0v) is 15.1. The highest BCUT2D eigenvalue weighted by Crippen LogP contribution is 2.34. The Balaban J connectivity index is 1.91. The molecule has 3 aromatic heterocycles. The van der Waals surface area contributed by atoms with E-state index in [9.17, 15) is 26.3 Å². The molecule has 3 rings (SSSR count). The normalized spacial score (nSPS) is 12.0. The number of pyridine rings is 1. The molecule has 0 amide bonds. The molecule has 0 spiro atoms. The molecule has 3 heterocycles. The van der Waals surface area contributed by atoms with Crippen LogP contribution in [0, 0.1) is 11.3 Å². The van der Waals surface area contributed by atoms with Gasteiger partial charge in [0.05, 0.1) is 11.6 Å². The second-order valence-corrected chi connectivity index (χ2v) is 5.83. The van der Waals surface area contributed by atoms with Crippen LogP contribution in [-0.4, -0.2) is 24.5 Å². The largest absolute Gasteiger partial charge is 0.435 e. The highest BCUT2D eigenvalue weighted by atomic mass is 19.4. The van der Waals surface area contributed by atoms with E-state index in [0.29, 0.717) is 12.1 Å². The van der Waals surface area contributed by atoms with Crippen molar-refractivity contribution < 1.29 is 35.8 Å². The molecule has 30 heavy (non-hydrogen) atoms. The van der Waals surface area contributed by atoms with Gasteiger partial charge in [-0.2, -0.15) is 46.8 Å². The van der Waals surface area contributed by atoms with Crippen molar-refractivity contribution in [3.63, 3.8) is 0 Å². The maximum atomic E-state index is 12.8. The van der Waals surface area contributed by atoms with Crippen LogP contribution in [0.25, 0.3) is 0 Å². The molecule has 3 aromatic rings. The number of aromatic nitrogens is 5. The van der Waals surface area contributed by atoms with Crippen LogP contribution in [0.3, 0.4) is 0 Å². The maximum Gasteiger partial charge on any atom is 0.435 e. The van der Waals surface area contributed by atoms with Gasteiger partial charge in [0.2, 0.25) is 23.5 Å². The van der Waals surface area contributed by atoms with E-state index in [1.54, 1.807) is 6.07 Å². The van der Waals surface area contributed by atoms with E-state index in [-0.39, 0.29) is 29.1 Å². The van der Waals surface area contributed by atoms with E-state index in [1.807, 2.05) is 0 Å². The Kier molecular flexibility index (Phi) is 5.06. The first-order valence-corrected chi connectivity index (χ1v) is 7.87. The van der Waals surface area contributed by atoms with Crippen LogP contribution in [0.5, 0.6) is 23.5 Å². The maximum absolute atomic E-state index is 12.8. The molecule has 0 unspecified atom stereocenters. The zero-order valence-electron chi connectivity index (χ0n) is 15.1. The molecule has 0 N–H and O–H groups in total. The first kappa shape index (κ1) is 21.0. The number of hydrogen-bond acceptors (Lipinski definition) is 6. The quantitative estimate of drug-likeness (QED) is 0.578. The van der Waals surface area contributed by atoms with Crippen molar-refractivity contribution in [3.05, 3.63) is 41.2 Å². The van der Waals surface area contributed by atoms with Crippen LogP contribution >= 0.6 is 0 Å². The number of halogens is 6. The molecule has 8 nitrogen and oxygen atoms in total. The summed E-state index contributed by atoms with van der Waals surface area (Å²) in [6.07, 6.45) is -9.41. The van der Waals surface area contributed by atoms with Gasteiger partial charge in [-0.1, -0.05) is 0 Å². The van der Waals surface area contributed by atoms with E-state index >= 15 is 0 Å². The number of rotatable bonds is 4. The van der Waals surface area contributed by atoms with Gasteiger partial charge in [0, 0.05) is 38.4 Å². The fraction of sp³-hybridized carbons (Fsp3) is 0.250. The Bertz CT molecular complexity index is 1050. The lowest BCUT2D eigenvalue weighted by molar-refractivity contribution is -0.142. The molecule has 0 bridgehead atoms. The van der Waals surface area contributed by atoms with Gasteiger partial charge in [-0.15, -0.1) is 0 Å². The molecule has 0 aromatic carbocycles. The Morgan fingerprint density at radius 1 is 0.800 bits per heavy atom. The number of nitrogens with zero attached hydrogens (tertiary/aromatic N) is 6. The van der Waals surface area contributed by atoms with Crippen LogP contribution in [0.15, 0.2) is 24.3 Å². The topological polar surface area (TPSA) is 90.8 Å². The van der Waals surface area contributed by atoms with Crippen molar-refractivity contribution in [1.82, 2.24) is 24.5 Å². The van der Waals surface area contributed by atoms with E-state index < -0.39 is 23.7 Å². The minimum atomic E-state index is -4.70. The van der Waals surface area contributed by atoms with Gasteiger partial charge in [0.15, 0.2) is 11.4 Å². The molecule has 14 heteroatoms. The van der Waals surface area contributed by atoms with E-state index in [1.165, 1.54) is 14.1 Å². The van der Waals surface area contributed by atoms with Gasteiger partial charge in [-0.05, 0) is 0 Å². The third kappa shape index (κ3) is 4.45. The number of nitriles is 1. The Morgan fingerprint density at radius 2 is 1.20 bits per heavy atom. The molecule has 0 aliphatic heterocycles. The van der Waals surface area contributed by atoms with Crippen LogP contribution in [0.4, 0.5) is 26.3 Å². The van der Waals surface area contributed by atoms with Gasteiger partial charge in [0.25, 0.3) is 0 Å². The Hall–Kier alpha value is -3.76. The van der Waals surface area contributed by atoms with Crippen molar-refractivity contribution in [3.8, 4) is 29.6 Å². The summed E-state index contributed by atoms with van der Waals surface area (Å²) in [6, 6.07) is 5.23. The minimum absolute atomic E-state index is 0.0635. The van der Waals surface area contributed by atoms with Crippen LogP contribution < -0.4 is 9.47 Å².